The monoisotopic (exact) mass is 308 g/mol. The Hall–Kier alpha value is -1.95. The van der Waals surface area contributed by atoms with Crippen molar-refractivity contribution in [3.8, 4) is 0 Å². The summed E-state index contributed by atoms with van der Waals surface area (Å²) < 4.78 is 25.0. The van der Waals surface area contributed by atoms with E-state index < -0.39 is 11.7 Å². The maximum absolute atomic E-state index is 12.5. The molecule has 0 fully saturated rings. The predicted octanol–water partition coefficient (Wildman–Crippen LogP) is 3.89. The second-order valence-electron chi connectivity index (χ2n) is 4.34. The van der Waals surface area contributed by atoms with Gasteiger partial charge in [0.15, 0.2) is 0 Å². The third-order valence-corrected chi connectivity index (χ3v) is 3.59. The van der Waals surface area contributed by atoms with Crippen LogP contribution in [0.5, 0.6) is 0 Å². The predicted molar refractivity (Wildman–Crippen MR) is 78.4 cm³/mol. The van der Waals surface area contributed by atoms with Crippen molar-refractivity contribution in [1.29, 1.82) is 0 Å². The van der Waals surface area contributed by atoms with Crippen LogP contribution in [-0.4, -0.2) is 16.6 Å². The van der Waals surface area contributed by atoms with Crippen molar-refractivity contribution in [1.82, 2.24) is 10.3 Å². The summed E-state index contributed by atoms with van der Waals surface area (Å²) in [5.74, 6) is -3.03. The van der Waals surface area contributed by atoms with E-state index in [0.29, 0.717) is 0 Å². The molecule has 1 unspecified atom stereocenters. The molecular formula is C15H14F2N2OS. The maximum Gasteiger partial charge on any atom is 0.290 e. The first-order valence-corrected chi connectivity index (χ1v) is 7.21. The molecule has 0 aliphatic heterocycles. The average Bonchev–Trinajstić information content (AvgIpc) is 2.48. The van der Waals surface area contributed by atoms with Crippen LogP contribution < -0.4 is 5.32 Å². The minimum Gasteiger partial charge on any atom is -0.345 e. The summed E-state index contributed by atoms with van der Waals surface area (Å²) in [5.41, 5.74) is 1.10. The molecule has 1 aromatic carbocycles. The number of nitrogens with one attached hydrogen (secondary N) is 1. The fourth-order valence-corrected chi connectivity index (χ4v) is 2.42. The van der Waals surface area contributed by atoms with Crippen LogP contribution in [0.3, 0.4) is 0 Å². The van der Waals surface area contributed by atoms with Crippen molar-refractivity contribution in [2.75, 3.05) is 0 Å². The fraction of sp³-hybridized carbons (Fsp3) is 0.200. The summed E-state index contributed by atoms with van der Waals surface area (Å²) in [6.45, 7) is 1.84. The summed E-state index contributed by atoms with van der Waals surface area (Å²) in [6, 6.07) is 12.2. The molecule has 110 valence electrons. The van der Waals surface area contributed by atoms with E-state index in [0.717, 1.165) is 5.56 Å². The SMILES string of the molecule is CC(NC(=O)c1cccnc1SC(F)F)c1ccccc1. The average molecular weight is 308 g/mol. The van der Waals surface area contributed by atoms with Crippen LogP contribution in [0.4, 0.5) is 8.78 Å². The molecule has 0 aliphatic rings. The first-order chi connectivity index (χ1) is 10.1. The van der Waals surface area contributed by atoms with Crippen LogP contribution in [0.25, 0.3) is 0 Å². The second-order valence-corrected chi connectivity index (χ2v) is 5.32. The Bertz CT molecular complexity index is 608. The summed E-state index contributed by atoms with van der Waals surface area (Å²) >= 11 is 0.271. The van der Waals surface area contributed by atoms with Gasteiger partial charge in [-0.1, -0.05) is 30.3 Å². The van der Waals surface area contributed by atoms with Crippen molar-refractivity contribution >= 4 is 17.7 Å². The van der Waals surface area contributed by atoms with E-state index in [-0.39, 0.29) is 28.4 Å². The minimum atomic E-state index is -2.61. The molecule has 2 rings (SSSR count). The van der Waals surface area contributed by atoms with Gasteiger partial charge in [-0.25, -0.2) is 4.98 Å². The van der Waals surface area contributed by atoms with Crippen molar-refractivity contribution in [3.63, 3.8) is 0 Å². The molecule has 0 aliphatic carbocycles. The number of benzene rings is 1. The van der Waals surface area contributed by atoms with Gasteiger partial charge in [-0.2, -0.15) is 8.78 Å². The van der Waals surface area contributed by atoms with Gasteiger partial charge in [-0.05, 0) is 36.4 Å². The molecule has 2 aromatic rings. The number of nitrogens with zero attached hydrogens (tertiary/aromatic N) is 1. The molecule has 0 radical (unpaired) electrons. The first kappa shape index (κ1) is 15.4. The van der Waals surface area contributed by atoms with E-state index in [2.05, 4.69) is 10.3 Å². The highest BCUT2D eigenvalue weighted by Gasteiger charge is 2.18. The Morgan fingerprint density at radius 2 is 1.90 bits per heavy atom. The molecule has 1 aromatic heterocycles. The molecule has 0 bridgehead atoms. The molecule has 1 N–H and O–H groups in total. The number of pyridine rings is 1. The van der Waals surface area contributed by atoms with Crippen molar-refractivity contribution in [2.24, 2.45) is 0 Å². The van der Waals surface area contributed by atoms with E-state index in [1.165, 1.54) is 12.3 Å². The normalized spacial score (nSPS) is 12.2. The summed E-state index contributed by atoms with van der Waals surface area (Å²) in [5, 5.41) is 2.82. The molecule has 1 amide bonds. The first-order valence-electron chi connectivity index (χ1n) is 6.33. The third kappa shape index (κ3) is 4.26. The summed E-state index contributed by atoms with van der Waals surface area (Å²) in [7, 11) is 0. The standard InChI is InChI=1S/C15H14F2N2OS/c1-10(11-6-3-2-4-7-11)19-13(20)12-8-5-9-18-14(12)21-15(16)17/h2-10,15H,1H3,(H,19,20). The molecule has 1 heterocycles. The number of thioether (sulfide) groups is 1. The number of carbonyl (C=O) groups excluding carboxylic acids is 1. The number of amides is 1. The van der Waals surface area contributed by atoms with Gasteiger partial charge in [0.1, 0.15) is 5.03 Å². The second kappa shape index (κ2) is 7.17. The van der Waals surface area contributed by atoms with Crippen LogP contribution in [0, 0.1) is 0 Å². The topological polar surface area (TPSA) is 42.0 Å². The Morgan fingerprint density at radius 1 is 1.19 bits per heavy atom. The number of alkyl halides is 2. The lowest BCUT2D eigenvalue weighted by atomic mass is 10.1. The Morgan fingerprint density at radius 3 is 2.57 bits per heavy atom. The van der Waals surface area contributed by atoms with E-state index in [4.69, 9.17) is 0 Å². The van der Waals surface area contributed by atoms with Crippen LogP contribution in [0.15, 0.2) is 53.7 Å². The fourth-order valence-electron chi connectivity index (χ4n) is 1.84. The molecule has 3 nitrogen and oxygen atoms in total. The Balaban J connectivity index is 2.14. The molecule has 0 spiro atoms. The summed E-state index contributed by atoms with van der Waals surface area (Å²) in [6.07, 6.45) is 1.39. The van der Waals surface area contributed by atoms with Crippen molar-refractivity contribution < 1.29 is 13.6 Å². The highest BCUT2D eigenvalue weighted by molar-refractivity contribution is 7.99. The maximum atomic E-state index is 12.5. The smallest absolute Gasteiger partial charge is 0.290 e. The van der Waals surface area contributed by atoms with Gasteiger partial charge < -0.3 is 5.32 Å². The van der Waals surface area contributed by atoms with Gasteiger partial charge in [-0.15, -0.1) is 0 Å². The summed E-state index contributed by atoms with van der Waals surface area (Å²) in [4.78, 5) is 16.1. The van der Waals surface area contributed by atoms with Gasteiger partial charge in [0.05, 0.1) is 11.6 Å². The minimum absolute atomic E-state index is 0.0326. The van der Waals surface area contributed by atoms with Crippen LogP contribution in [-0.2, 0) is 0 Å². The number of aromatic nitrogens is 1. The van der Waals surface area contributed by atoms with Gasteiger partial charge in [0.2, 0.25) is 0 Å². The van der Waals surface area contributed by atoms with Crippen molar-refractivity contribution in [3.05, 3.63) is 59.8 Å². The number of carbonyl (C=O) groups is 1. The van der Waals surface area contributed by atoms with Gasteiger partial charge in [0.25, 0.3) is 11.7 Å². The lowest BCUT2D eigenvalue weighted by Gasteiger charge is -2.15. The lowest BCUT2D eigenvalue weighted by Crippen LogP contribution is -2.27. The van der Waals surface area contributed by atoms with E-state index in [1.807, 2.05) is 37.3 Å². The number of hydrogen-bond donors (Lipinski definition) is 1. The van der Waals surface area contributed by atoms with Gasteiger partial charge in [-0.3, -0.25) is 4.79 Å². The molecule has 21 heavy (non-hydrogen) atoms. The molecule has 0 saturated heterocycles. The lowest BCUT2D eigenvalue weighted by molar-refractivity contribution is 0.0936. The number of rotatable bonds is 5. The van der Waals surface area contributed by atoms with Crippen LogP contribution >= 0.6 is 11.8 Å². The van der Waals surface area contributed by atoms with Crippen molar-refractivity contribution in [2.45, 2.75) is 23.7 Å². The van der Waals surface area contributed by atoms with E-state index >= 15 is 0 Å². The zero-order valence-electron chi connectivity index (χ0n) is 11.3. The van der Waals surface area contributed by atoms with Crippen LogP contribution in [0.2, 0.25) is 0 Å². The van der Waals surface area contributed by atoms with Gasteiger partial charge in [0, 0.05) is 6.20 Å². The number of hydrogen-bond acceptors (Lipinski definition) is 3. The molecule has 1 atom stereocenters. The Kier molecular flexibility index (Phi) is 5.27. The van der Waals surface area contributed by atoms with Crippen LogP contribution in [0.1, 0.15) is 28.9 Å². The molecule has 0 saturated carbocycles. The van der Waals surface area contributed by atoms with E-state index in [1.54, 1.807) is 6.07 Å². The zero-order valence-corrected chi connectivity index (χ0v) is 12.1. The Labute approximate surface area is 125 Å². The highest BCUT2D eigenvalue weighted by atomic mass is 32.2. The van der Waals surface area contributed by atoms with E-state index in [9.17, 15) is 13.6 Å². The number of halogens is 2. The van der Waals surface area contributed by atoms with Gasteiger partial charge >= 0.3 is 0 Å². The zero-order chi connectivity index (χ0) is 15.2. The third-order valence-electron chi connectivity index (χ3n) is 2.86. The largest absolute Gasteiger partial charge is 0.345 e. The molecular weight excluding hydrogens is 294 g/mol. The quantitative estimate of drug-likeness (QED) is 0.852. The molecule has 6 heteroatoms. The highest BCUT2D eigenvalue weighted by Crippen LogP contribution is 2.26.